The Balaban J connectivity index is 1.42. The summed E-state index contributed by atoms with van der Waals surface area (Å²) in [5.74, 6) is 1.49. The molecule has 32 heavy (non-hydrogen) atoms. The number of nitrogens with one attached hydrogen (secondary N) is 2. The van der Waals surface area contributed by atoms with E-state index in [-0.39, 0.29) is 6.03 Å². The van der Waals surface area contributed by atoms with Gasteiger partial charge in [-0.1, -0.05) is 36.4 Å². The van der Waals surface area contributed by atoms with Crippen molar-refractivity contribution in [3.63, 3.8) is 0 Å². The van der Waals surface area contributed by atoms with Crippen LogP contribution in [0.25, 0.3) is 0 Å². The minimum absolute atomic E-state index is 0.245. The third kappa shape index (κ3) is 5.48. The molecule has 2 aromatic carbocycles. The molecule has 0 spiro atoms. The number of amides is 2. The van der Waals surface area contributed by atoms with Gasteiger partial charge in [0.1, 0.15) is 17.6 Å². The first-order valence-electron chi connectivity index (χ1n) is 11.1. The van der Waals surface area contributed by atoms with Gasteiger partial charge in [-0.15, -0.1) is 0 Å². The Kier molecular flexibility index (Phi) is 7.07. The number of hydrogen-bond acceptors (Lipinski definition) is 4. The SMILES string of the molecule is COc1cccc([C@H](NC(=O)NCc2cccc(CN3CCCC3)c2)c2nccn2C)c1. The summed E-state index contributed by atoms with van der Waals surface area (Å²) in [4.78, 5) is 19.8. The first-order chi connectivity index (χ1) is 15.6. The van der Waals surface area contributed by atoms with Gasteiger partial charge in [-0.25, -0.2) is 9.78 Å². The average molecular weight is 434 g/mol. The van der Waals surface area contributed by atoms with Crippen LogP contribution in [0.2, 0.25) is 0 Å². The number of aromatic nitrogens is 2. The zero-order chi connectivity index (χ0) is 22.3. The van der Waals surface area contributed by atoms with Crippen LogP contribution in [-0.4, -0.2) is 40.7 Å². The van der Waals surface area contributed by atoms with Crippen LogP contribution >= 0.6 is 0 Å². The van der Waals surface area contributed by atoms with Crippen LogP contribution in [0.3, 0.4) is 0 Å². The molecule has 1 atom stereocenters. The number of hydrogen-bond donors (Lipinski definition) is 2. The molecule has 168 valence electrons. The van der Waals surface area contributed by atoms with Crippen LogP contribution in [-0.2, 0) is 20.1 Å². The molecule has 1 saturated heterocycles. The Morgan fingerprint density at radius 1 is 1.12 bits per heavy atom. The number of urea groups is 1. The molecular weight excluding hydrogens is 402 g/mol. The summed E-state index contributed by atoms with van der Waals surface area (Å²) in [5, 5.41) is 6.07. The molecule has 7 heteroatoms. The van der Waals surface area contributed by atoms with Crippen molar-refractivity contribution in [1.82, 2.24) is 25.1 Å². The fourth-order valence-corrected chi connectivity index (χ4v) is 4.17. The number of imidazole rings is 1. The van der Waals surface area contributed by atoms with Gasteiger partial charge in [0.2, 0.25) is 0 Å². The van der Waals surface area contributed by atoms with Crippen molar-refractivity contribution < 1.29 is 9.53 Å². The maximum absolute atomic E-state index is 12.8. The fourth-order valence-electron chi connectivity index (χ4n) is 4.17. The minimum Gasteiger partial charge on any atom is -0.497 e. The summed E-state index contributed by atoms with van der Waals surface area (Å²) >= 11 is 0. The standard InChI is InChI=1S/C25H31N5O2/c1-29-14-11-26-24(29)23(21-9-6-10-22(16-21)32-2)28-25(31)27-17-19-7-5-8-20(15-19)18-30-12-3-4-13-30/h5-11,14-16,23H,3-4,12-13,17-18H2,1-2H3,(H2,27,28,31)/t23-/m0/s1. The zero-order valence-corrected chi connectivity index (χ0v) is 18.8. The van der Waals surface area contributed by atoms with E-state index in [4.69, 9.17) is 4.74 Å². The van der Waals surface area contributed by atoms with Gasteiger partial charge in [-0.05, 0) is 54.8 Å². The van der Waals surface area contributed by atoms with E-state index in [2.05, 4.69) is 38.7 Å². The molecule has 1 aromatic heterocycles. The number of aryl methyl sites for hydroxylation is 1. The maximum Gasteiger partial charge on any atom is 0.315 e. The Morgan fingerprint density at radius 3 is 2.66 bits per heavy atom. The van der Waals surface area contributed by atoms with Crippen molar-refractivity contribution in [3.8, 4) is 5.75 Å². The number of benzene rings is 2. The van der Waals surface area contributed by atoms with Crippen LogP contribution in [0.4, 0.5) is 4.79 Å². The molecule has 0 saturated carbocycles. The van der Waals surface area contributed by atoms with Crippen molar-refractivity contribution in [1.29, 1.82) is 0 Å². The molecule has 2 heterocycles. The lowest BCUT2D eigenvalue weighted by Crippen LogP contribution is -2.39. The average Bonchev–Trinajstić information content (AvgIpc) is 3.48. The van der Waals surface area contributed by atoms with Gasteiger partial charge in [0.15, 0.2) is 0 Å². The number of likely N-dealkylation sites (tertiary alicyclic amines) is 1. The van der Waals surface area contributed by atoms with Gasteiger partial charge < -0.3 is 19.9 Å². The molecule has 0 unspecified atom stereocenters. The summed E-state index contributed by atoms with van der Waals surface area (Å²) in [6.45, 7) is 3.77. The van der Waals surface area contributed by atoms with Gasteiger partial charge in [0, 0.05) is 32.5 Å². The Morgan fingerprint density at radius 2 is 1.91 bits per heavy atom. The second-order valence-electron chi connectivity index (χ2n) is 8.24. The van der Waals surface area contributed by atoms with Crippen molar-refractivity contribution in [2.45, 2.75) is 32.0 Å². The smallest absolute Gasteiger partial charge is 0.315 e. The normalized spacial score (nSPS) is 14.8. The lowest BCUT2D eigenvalue weighted by molar-refractivity contribution is 0.237. The molecule has 1 aliphatic rings. The molecule has 1 aliphatic heterocycles. The van der Waals surface area contributed by atoms with Crippen molar-refractivity contribution in [3.05, 3.63) is 83.4 Å². The molecular formula is C25H31N5O2. The van der Waals surface area contributed by atoms with E-state index in [9.17, 15) is 4.79 Å². The highest BCUT2D eigenvalue weighted by Crippen LogP contribution is 2.24. The summed E-state index contributed by atoms with van der Waals surface area (Å²) < 4.78 is 7.27. The lowest BCUT2D eigenvalue weighted by Gasteiger charge is -2.20. The second-order valence-corrected chi connectivity index (χ2v) is 8.24. The van der Waals surface area contributed by atoms with Crippen LogP contribution in [0, 0.1) is 0 Å². The number of rotatable bonds is 8. The summed E-state index contributed by atoms with van der Waals surface area (Å²) in [6.07, 6.45) is 6.17. The predicted octanol–water partition coefficient (Wildman–Crippen LogP) is 3.61. The number of ether oxygens (including phenoxy) is 1. The van der Waals surface area contributed by atoms with Gasteiger partial charge in [0.25, 0.3) is 0 Å². The molecule has 2 N–H and O–H groups in total. The summed E-state index contributed by atoms with van der Waals surface area (Å²) in [6, 6.07) is 15.5. The molecule has 7 nitrogen and oxygen atoms in total. The molecule has 0 radical (unpaired) electrons. The lowest BCUT2D eigenvalue weighted by atomic mass is 10.1. The van der Waals surface area contributed by atoms with E-state index in [0.717, 1.165) is 29.2 Å². The van der Waals surface area contributed by atoms with Crippen LogP contribution in [0.5, 0.6) is 5.75 Å². The van der Waals surface area contributed by atoms with Crippen LogP contribution < -0.4 is 15.4 Å². The first kappa shape index (κ1) is 21.9. The third-order valence-corrected chi connectivity index (χ3v) is 5.87. The Hall–Kier alpha value is -3.32. The molecule has 3 aromatic rings. The van der Waals surface area contributed by atoms with Gasteiger partial charge >= 0.3 is 6.03 Å². The van der Waals surface area contributed by atoms with Gasteiger partial charge in [0.05, 0.1) is 7.11 Å². The number of methoxy groups -OCH3 is 1. The Bertz CT molecular complexity index is 1040. The zero-order valence-electron chi connectivity index (χ0n) is 18.8. The number of nitrogens with zero attached hydrogens (tertiary/aromatic N) is 3. The molecule has 1 fully saturated rings. The monoisotopic (exact) mass is 433 g/mol. The molecule has 0 bridgehead atoms. The van der Waals surface area contributed by atoms with Crippen LogP contribution in [0.15, 0.2) is 60.9 Å². The highest BCUT2D eigenvalue weighted by molar-refractivity contribution is 5.75. The van der Waals surface area contributed by atoms with E-state index >= 15 is 0 Å². The molecule has 2 amide bonds. The molecule has 4 rings (SSSR count). The first-order valence-corrected chi connectivity index (χ1v) is 11.1. The highest BCUT2D eigenvalue weighted by Gasteiger charge is 2.21. The van der Waals surface area contributed by atoms with E-state index in [0.29, 0.717) is 6.54 Å². The largest absolute Gasteiger partial charge is 0.497 e. The highest BCUT2D eigenvalue weighted by atomic mass is 16.5. The number of carbonyl (C=O) groups excluding carboxylic acids is 1. The van der Waals surface area contributed by atoms with Crippen LogP contribution in [0.1, 0.15) is 41.4 Å². The number of carbonyl (C=O) groups is 1. The fraction of sp³-hybridized carbons (Fsp3) is 0.360. The quantitative estimate of drug-likeness (QED) is 0.569. The van der Waals surface area contributed by atoms with Crippen molar-refractivity contribution in [2.24, 2.45) is 7.05 Å². The predicted molar refractivity (Wildman–Crippen MR) is 124 cm³/mol. The van der Waals surface area contributed by atoms with Gasteiger partial charge in [-0.3, -0.25) is 4.90 Å². The van der Waals surface area contributed by atoms with E-state index in [1.807, 2.05) is 48.1 Å². The topological polar surface area (TPSA) is 71.4 Å². The van der Waals surface area contributed by atoms with E-state index in [1.165, 1.54) is 31.5 Å². The summed E-state index contributed by atoms with van der Waals surface area (Å²) in [7, 11) is 3.55. The van der Waals surface area contributed by atoms with Crippen molar-refractivity contribution in [2.75, 3.05) is 20.2 Å². The third-order valence-electron chi connectivity index (χ3n) is 5.87. The summed E-state index contributed by atoms with van der Waals surface area (Å²) in [5.41, 5.74) is 3.28. The molecule has 0 aliphatic carbocycles. The Labute approximate surface area is 189 Å². The van der Waals surface area contributed by atoms with E-state index < -0.39 is 6.04 Å². The minimum atomic E-state index is -0.397. The van der Waals surface area contributed by atoms with E-state index in [1.54, 1.807) is 13.3 Å². The van der Waals surface area contributed by atoms with Crippen molar-refractivity contribution >= 4 is 6.03 Å². The second kappa shape index (κ2) is 10.3. The van der Waals surface area contributed by atoms with Gasteiger partial charge in [-0.2, -0.15) is 0 Å². The maximum atomic E-state index is 12.8.